The standard InChI is InChI=1S/C26H25N9S.H2O2/c1-36-34-13-11-33(12-14-34)24-7-5-21(16-29-24)31-26-28-10-8-22(32-26)23-17-30-25-6-4-20(18-35(23)25)19-3-2-9-27-15-19;1-2/h2-10,15-18H,11-14H2,1H3,(H,28,31,32);1-2H. The van der Waals surface area contributed by atoms with E-state index in [1.165, 1.54) is 0 Å². The van der Waals surface area contributed by atoms with Gasteiger partial charge in [0.25, 0.3) is 0 Å². The third-order valence-corrected chi connectivity index (χ3v) is 7.12. The van der Waals surface area contributed by atoms with Crippen LogP contribution in [0.4, 0.5) is 17.5 Å². The molecule has 11 nitrogen and oxygen atoms in total. The zero-order chi connectivity index (χ0) is 26.3. The Labute approximate surface area is 223 Å². The van der Waals surface area contributed by atoms with Crippen molar-refractivity contribution in [1.82, 2.24) is 33.6 Å². The number of piperazine rings is 1. The second-order valence-electron chi connectivity index (χ2n) is 8.43. The largest absolute Gasteiger partial charge is 0.354 e. The molecule has 38 heavy (non-hydrogen) atoms. The molecular formula is C26H27N9O2S. The molecule has 0 radical (unpaired) electrons. The molecule has 6 rings (SSSR count). The Morgan fingerprint density at radius 3 is 2.45 bits per heavy atom. The van der Waals surface area contributed by atoms with Crippen LogP contribution in [-0.2, 0) is 0 Å². The van der Waals surface area contributed by atoms with Crippen LogP contribution >= 0.6 is 11.9 Å². The van der Waals surface area contributed by atoms with Gasteiger partial charge in [-0.2, -0.15) is 0 Å². The number of nitrogens with zero attached hydrogens (tertiary/aromatic N) is 8. The molecule has 0 aliphatic carbocycles. The lowest BCUT2D eigenvalue weighted by Crippen LogP contribution is -2.43. The predicted octanol–water partition coefficient (Wildman–Crippen LogP) is 4.41. The van der Waals surface area contributed by atoms with Crippen molar-refractivity contribution in [2.24, 2.45) is 0 Å². The lowest BCUT2D eigenvalue weighted by molar-refractivity contribution is -0.176. The monoisotopic (exact) mass is 529 g/mol. The molecule has 0 saturated carbocycles. The van der Waals surface area contributed by atoms with E-state index in [0.717, 1.165) is 65.8 Å². The van der Waals surface area contributed by atoms with E-state index in [-0.39, 0.29) is 0 Å². The first kappa shape index (κ1) is 25.5. The lowest BCUT2D eigenvalue weighted by Gasteiger charge is -2.33. The molecule has 12 heteroatoms. The summed E-state index contributed by atoms with van der Waals surface area (Å²) in [5.41, 5.74) is 5.47. The molecule has 0 spiro atoms. The molecule has 1 aliphatic rings. The Kier molecular flexibility index (Phi) is 8.04. The van der Waals surface area contributed by atoms with Crippen molar-refractivity contribution in [3.05, 3.63) is 79.6 Å². The molecule has 194 valence electrons. The average molecular weight is 530 g/mol. The molecule has 0 bridgehead atoms. The minimum atomic E-state index is 0.508. The molecule has 0 aromatic carbocycles. The van der Waals surface area contributed by atoms with Gasteiger partial charge in [0.15, 0.2) is 0 Å². The van der Waals surface area contributed by atoms with Crippen molar-refractivity contribution >= 4 is 35.0 Å². The molecule has 1 aliphatic heterocycles. The number of fused-ring (bicyclic) bond motifs is 1. The quantitative estimate of drug-likeness (QED) is 0.164. The molecule has 0 amide bonds. The smallest absolute Gasteiger partial charge is 0.227 e. The van der Waals surface area contributed by atoms with E-state index in [2.05, 4.69) is 53.0 Å². The molecule has 6 heterocycles. The van der Waals surface area contributed by atoms with Crippen LogP contribution in [0.1, 0.15) is 0 Å². The lowest BCUT2D eigenvalue weighted by atomic mass is 10.1. The summed E-state index contributed by atoms with van der Waals surface area (Å²) < 4.78 is 4.42. The summed E-state index contributed by atoms with van der Waals surface area (Å²) in [6, 6.07) is 14.0. The molecule has 1 saturated heterocycles. The van der Waals surface area contributed by atoms with E-state index in [1.807, 2.05) is 59.4 Å². The normalized spacial score (nSPS) is 13.7. The van der Waals surface area contributed by atoms with Crippen LogP contribution in [-0.4, -0.2) is 76.6 Å². The van der Waals surface area contributed by atoms with E-state index < -0.39 is 0 Å². The van der Waals surface area contributed by atoms with Crippen LogP contribution in [0.15, 0.2) is 79.6 Å². The summed E-state index contributed by atoms with van der Waals surface area (Å²) in [6.45, 7) is 4.04. The molecule has 5 aromatic heterocycles. The van der Waals surface area contributed by atoms with Gasteiger partial charge in [0.05, 0.1) is 29.5 Å². The molecule has 3 N–H and O–H groups in total. The first-order valence-corrected chi connectivity index (χ1v) is 13.1. The van der Waals surface area contributed by atoms with Crippen LogP contribution < -0.4 is 10.2 Å². The number of aromatic nitrogens is 6. The van der Waals surface area contributed by atoms with Gasteiger partial charge in [0, 0.05) is 62.1 Å². The van der Waals surface area contributed by atoms with E-state index in [4.69, 9.17) is 15.5 Å². The molecule has 0 atom stereocenters. The third-order valence-electron chi connectivity index (χ3n) is 6.24. The highest BCUT2D eigenvalue weighted by molar-refractivity contribution is 7.96. The second-order valence-corrected chi connectivity index (χ2v) is 9.31. The minimum Gasteiger partial charge on any atom is -0.354 e. The van der Waals surface area contributed by atoms with Crippen molar-refractivity contribution in [2.75, 3.05) is 42.7 Å². The number of anilines is 3. The summed E-state index contributed by atoms with van der Waals surface area (Å²) in [4.78, 5) is 24.9. The Bertz CT molecular complexity index is 1470. The Morgan fingerprint density at radius 2 is 1.71 bits per heavy atom. The van der Waals surface area contributed by atoms with Gasteiger partial charge in [-0.15, -0.1) is 0 Å². The first-order valence-electron chi connectivity index (χ1n) is 11.9. The second kappa shape index (κ2) is 12.0. The minimum absolute atomic E-state index is 0.508. The summed E-state index contributed by atoms with van der Waals surface area (Å²) in [6.07, 6.45) is 13.2. The van der Waals surface area contributed by atoms with Crippen molar-refractivity contribution in [1.29, 1.82) is 0 Å². The van der Waals surface area contributed by atoms with E-state index in [9.17, 15) is 0 Å². The fourth-order valence-corrected chi connectivity index (χ4v) is 4.84. The fraction of sp³-hybridized carbons (Fsp3) is 0.192. The van der Waals surface area contributed by atoms with Gasteiger partial charge in [0.2, 0.25) is 5.95 Å². The van der Waals surface area contributed by atoms with Crippen LogP contribution in [0.2, 0.25) is 0 Å². The highest BCUT2D eigenvalue weighted by Crippen LogP contribution is 2.25. The fourth-order valence-electron chi connectivity index (χ4n) is 4.31. The summed E-state index contributed by atoms with van der Waals surface area (Å²) in [5, 5.41) is 15.3. The Hall–Kier alpha value is -4.10. The number of hydrogen-bond donors (Lipinski definition) is 3. The molecule has 5 aromatic rings. The Balaban J connectivity index is 0.00000144. The highest BCUT2D eigenvalue weighted by Gasteiger charge is 2.17. The van der Waals surface area contributed by atoms with Crippen LogP contribution in [0.25, 0.3) is 28.2 Å². The van der Waals surface area contributed by atoms with Crippen LogP contribution in [0.3, 0.4) is 0 Å². The van der Waals surface area contributed by atoms with Crippen LogP contribution in [0, 0.1) is 0 Å². The molecule has 1 fully saturated rings. The maximum Gasteiger partial charge on any atom is 0.227 e. The van der Waals surface area contributed by atoms with Gasteiger partial charge in [-0.1, -0.05) is 18.0 Å². The molecule has 0 unspecified atom stereocenters. The predicted molar refractivity (Wildman–Crippen MR) is 150 cm³/mol. The van der Waals surface area contributed by atoms with Gasteiger partial charge in [-0.05, 0) is 42.7 Å². The summed E-state index contributed by atoms with van der Waals surface area (Å²) in [7, 11) is 0. The third kappa shape index (κ3) is 5.58. The zero-order valence-electron chi connectivity index (χ0n) is 20.7. The van der Waals surface area contributed by atoms with Crippen molar-refractivity contribution in [3.63, 3.8) is 0 Å². The van der Waals surface area contributed by atoms with Crippen LogP contribution in [0.5, 0.6) is 0 Å². The van der Waals surface area contributed by atoms with Gasteiger partial charge in [0.1, 0.15) is 11.5 Å². The van der Waals surface area contributed by atoms with Gasteiger partial charge in [-0.25, -0.2) is 24.2 Å². The first-order chi connectivity index (χ1) is 18.8. The van der Waals surface area contributed by atoms with Crippen molar-refractivity contribution in [2.45, 2.75) is 0 Å². The number of pyridine rings is 3. The number of rotatable bonds is 6. The SMILES string of the molecule is CSN1CCN(c2ccc(Nc3nccc(-c4cnc5ccc(-c6cccnc6)cn45)n3)cn2)CC1.OO. The maximum absolute atomic E-state index is 6.00. The van der Waals surface area contributed by atoms with Gasteiger partial charge in [-0.3, -0.25) is 19.9 Å². The van der Waals surface area contributed by atoms with Crippen molar-refractivity contribution in [3.8, 4) is 22.5 Å². The topological polar surface area (TPSA) is 128 Å². The molecular weight excluding hydrogens is 502 g/mol. The number of nitrogens with one attached hydrogen (secondary N) is 1. The summed E-state index contributed by atoms with van der Waals surface area (Å²) in [5.74, 6) is 1.50. The van der Waals surface area contributed by atoms with Crippen molar-refractivity contribution < 1.29 is 10.5 Å². The maximum atomic E-state index is 6.00. The average Bonchev–Trinajstić information content (AvgIpc) is 3.43. The van der Waals surface area contributed by atoms with E-state index in [0.29, 0.717) is 5.95 Å². The summed E-state index contributed by atoms with van der Waals surface area (Å²) >= 11 is 1.80. The van der Waals surface area contributed by atoms with Gasteiger partial charge < -0.3 is 10.2 Å². The van der Waals surface area contributed by atoms with Gasteiger partial charge >= 0.3 is 0 Å². The Morgan fingerprint density at radius 1 is 0.842 bits per heavy atom. The number of hydrogen-bond acceptors (Lipinski definition) is 11. The van der Waals surface area contributed by atoms with E-state index in [1.54, 1.807) is 24.3 Å². The van der Waals surface area contributed by atoms with E-state index >= 15 is 0 Å². The number of imidazole rings is 1. The highest BCUT2D eigenvalue weighted by atomic mass is 32.2. The zero-order valence-corrected chi connectivity index (χ0v) is 21.5.